The summed E-state index contributed by atoms with van der Waals surface area (Å²) < 4.78 is 0. The highest BCUT2D eigenvalue weighted by Crippen LogP contribution is 2.42. The third kappa shape index (κ3) is 2.90. The number of hydrogen-bond donors (Lipinski definition) is 1. The van der Waals surface area contributed by atoms with E-state index in [-0.39, 0.29) is 10.6 Å². The average Bonchev–Trinajstić information content (AvgIpc) is 2.98. The van der Waals surface area contributed by atoms with Crippen molar-refractivity contribution in [1.82, 2.24) is 0 Å². The molecule has 0 unspecified atom stereocenters. The van der Waals surface area contributed by atoms with Crippen LogP contribution in [0.25, 0.3) is 0 Å². The monoisotopic (exact) mass is 284 g/mol. The van der Waals surface area contributed by atoms with Gasteiger partial charge in [-0.15, -0.1) is 11.3 Å². The molecule has 1 aromatic rings. The maximum absolute atomic E-state index is 11.2. The van der Waals surface area contributed by atoms with Crippen molar-refractivity contribution in [2.24, 2.45) is 0 Å². The molecule has 19 heavy (non-hydrogen) atoms. The van der Waals surface area contributed by atoms with Gasteiger partial charge in [-0.05, 0) is 26.7 Å². The lowest BCUT2D eigenvalue weighted by atomic mass is 10.2. The number of anilines is 1. The van der Waals surface area contributed by atoms with Crippen LogP contribution < -0.4 is 4.90 Å². The normalized spacial score (nSPS) is 17.6. The molecule has 0 saturated heterocycles. The van der Waals surface area contributed by atoms with Crippen LogP contribution in [-0.2, 0) is 0 Å². The summed E-state index contributed by atoms with van der Waals surface area (Å²) in [6, 6.07) is 1.92. The fourth-order valence-electron chi connectivity index (χ4n) is 2.72. The van der Waals surface area contributed by atoms with Crippen LogP contribution in [-0.4, -0.2) is 22.6 Å². The van der Waals surface area contributed by atoms with Crippen LogP contribution in [0, 0.1) is 10.1 Å². The van der Waals surface area contributed by atoms with Gasteiger partial charge in [-0.25, -0.2) is 0 Å². The Kier molecular flexibility index (Phi) is 4.42. The molecule has 1 heterocycles. The lowest BCUT2D eigenvalue weighted by Crippen LogP contribution is -2.32. The largest absolute Gasteiger partial charge is 0.388 e. The number of nitro groups is 1. The summed E-state index contributed by atoms with van der Waals surface area (Å²) in [7, 11) is 0. The minimum atomic E-state index is -0.653. The zero-order chi connectivity index (χ0) is 14.0. The molecule has 1 saturated carbocycles. The number of hydrogen-bond acceptors (Lipinski definition) is 5. The number of thiophene rings is 1. The molecular weight excluding hydrogens is 264 g/mol. The summed E-state index contributed by atoms with van der Waals surface area (Å²) in [5, 5.41) is 21.5. The first kappa shape index (κ1) is 14.3. The molecule has 0 aromatic carbocycles. The standard InChI is InChI=1S/C13H20N2O3S/c1-3-14(10-6-4-5-7-10)13-11(15(17)18)8-12(19-13)9(2)16/h8-10,16H,3-7H2,1-2H3/t9-/m1/s1. The lowest BCUT2D eigenvalue weighted by molar-refractivity contribution is -0.383. The number of nitrogens with zero attached hydrogens (tertiary/aromatic N) is 2. The van der Waals surface area contributed by atoms with Crippen molar-refractivity contribution in [1.29, 1.82) is 0 Å². The average molecular weight is 284 g/mol. The van der Waals surface area contributed by atoms with Crippen LogP contribution in [0.15, 0.2) is 6.07 Å². The molecule has 1 aliphatic carbocycles. The predicted molar refractivity (Wildman–Crippen MR) is 76.9 cm³/mol. The summed E-state index contributed by atoms with van der Waals surface area (Å²) in [6.45, 7) is 4.44. The van der Waals surface area contributed by atoms with E-state index in [1.165, 1.54) is 30.2 Å². The third-order valence-electron chi connectivity index (χ3n) is 3.69. The Morgan fingerprint density at radius 1 is 1.58 bits per heavy atom. The van der Waals surface area contributed by atoms with Crippen molar-refractivity contribution in [2.45, 2.75) is 51.7 Å². The van der Waals surface area contributed by atoms with Crippen LogP contribution in [0.4, 0.5) is 10.7 Å². The van der Waals surface area contributed by atoms with Gasteiger partial charge in [0.15, 0.2) is 5.00 Å². The van der Waals surface area contributed by atoms with E-state index in [2.05, 4.69) is 4.90 Å². The minimum Gasteiger partial charge on any atom is -0.388 e. The molecular formula is C13H20N2O3S. The van der Waals surface area contributed by atoms with Crippen molar-refractivity contribution in [3.05, 3.63) is 21.1 Å². The van der Waals surface area contributed by atoms with Gasteiger partial charge in [0.2, 0.25) is 0 Å². The van der Waals surface area contributed by atoms with Gasteiger partial charge in [0.05, 0.1) is 11.0 Å². The maximum Gasteiger partial charge on any atom is 0.304 e. The smallest absolute Gasteiger partial charge is 0.304 e. The highest BCUT2D eigenvalue weighted by molar-refractivity contribution is 7.16. The van der Waals surface area contributed by atoms with Crippen LogP contribution in [0.2, 0.25) is 0 Å². The molecule has 2 rings (SSSR count). The molecule has 0 bridgehead atoms. The molecule has 5 nitrogen and oxygen atoms in total. The lowest BCUT2D eigenvalue weighted by Gasteiger charge is -2.27. The second-order valence-electron chi connectivity index (χ2n) is 5.00. The number of aliphatic hydroxyl groups excluding tert-OH is 1. The van der Waals surface area contributed by atoms with Crippen LogP contribution >= 0.6 is 11.3 Å². The fourth-order valence-corrected chi connectivity index (χ4v) is 3.91. The van der Waals surface area contributed by atoms with Gasteiger partial charge in [-0.1, -0.05) is 12.8 Å². The first-order valence-electron chi connectivity index (χ1n) is 6.77. The molecule has 106 valence electrons. The van der Waals surface area contributed by atoms with E-state index >= 15 is 0 Å². The Hall–Kier alpha value is -1.14. The molecule has 0 amide bonds. The molecule has 1 atom stereocenters. The molecule has 6 heteroatoms. The molecule has 0 radical (unpaired) electrons. The highest BCUT2D eigenvalue weighted by atomic mass is 32.1. The summed E-state index contributed by atoms with van der Waals surface area (Å²) in [5.74, 6) is 0. The second-order valence-corrected chi connectivity index (χ2v) is 6.06. The Bertz CT molecular complexity index is 453. The van der Waals surface area contributed by atoms with Gasteiger partial charge in [-0.3, -0.25) is 10.1 Å². The molecule has 1 aliphatic rings. The minimum absolute atomic E-state index is 0.134. The molecule has 0 aliphatic heterocycles. The predicted octanol–water partition coefficient (Wildman–Crippen LogP) is 3.48. The van der Waals surface area contributed by atoms with Gasteiger partial charge < -0.3 is 10.0 Å². The third-order valence-corrected chi connectivity index (χ3v) is 5.02. The van der Waals surface area contributed by atoms with E-state index in [0.717, 1.165) is 19.4 Å². The highest BCUT2D eigenvalue weighted by Gasteiger charge is 2.30. The Balaban J connectivity index is 2.37. The molecule has 1 aromatic heterocycles. The van der Waals surface area contributed by atoms with Crippen LogP contribution in [0.1, 0.15) is 50.5 Å². The summed E-state index contributed by atoms with van der Waals surface area (Å²) in [5.41, 5.74) is 0.134. The zero-order valence-electron chi connectivity index (χ0n) is 11.3. The van der Waals surface area contributed by atoms with E-state index in [4.69, 9.17) is 0 Å². The van der Waals surface area contributed by atoms with Crippen molar-refractivity contribution < 1.29 is 10.0 Å². The number of rotatable bonds is 5. The fraction of sp³-hybridized carbons (Fsp3) is 0.692. The Morgan fingerprint density at radius 2 is 2.21 bits per heavy atom. The van der Waals surface area contributed by atoms with E-state index in [1.54, 1.807) is 6.92 Å². The maximum atomic E-state index is 11.2. The molecule has 1 N–H and O–H groups in total. The number of aliphatic hydroxyl groups is 1. The van der Waals surface area contributed by atoms with E-state index < -0.39 is 6.10 Å². The Labute approximate surface area is 117 Å². The van der Waals surface area contributed by atoms with Gasteiger partial charge in [0.25, 0.3) is 0 Å². The van der Waals surface area contributed by atoms with Crippen molar-refractivity contribution >= 4 is 22.0 Å². The molecule has 1 fully saturated rings. The van der Waals surface area contributed by atoms with Crippen LogP contribution in [0.5, 0.6) is 0 Å². The van der Waals surface area contributed by atoms with Crippen molar-refractivity contribution in [3.8, 4) is 0 Å². The summed E-state index contributed by atoms with van der Waals surface area (Å²) in [4.78, 5) is 13.7. The first-order valence-corrected chi connectivity index (χ1v) is 7.59. The Morgan fingerprint density at radius 3 is 2.68 bits per heavy atom. The van der Waals surface area contributed by atoms with E-state index in [9.17, 15) is 15.2 Å². The zero-order valence-corrected chi connectivity index (χ0v) is 12.2. The van der Waals surface area contributed by atoms with Crippen molar-refractivity contribution in [3.63, 3.8) is 0 Å². The summed E-state index contributed by atoms with van der Waals surface area (Å²) >= 11 is 1.35. The van der Waals surface area contributed by atoms with Crippen molar-refractivity contribution in [2.75, 3.05) is 11.4 Å². The van der Waals surface area contributed by atoms with Crippen LogP contribution in [0.3, 0.4) is 0 Å². The quantitative estimate of drug-likeness (QED) is 0.664. The molecule has 0 spiro atoms. The summed E-state index contributed by atoms with van der Waals surface area (Å²) in [6.07, 6.45) is 3.95. The topological polar surface area (TPSA) is 66.6 Å². The SMILES string of the molecule is CCN(c1sc([C@@H](C)O)cc1[N+](=O)[O-])C1CCCC1. The van der Waals surface area contributed by atoms with Gasteiger partial charge >= 0.3 is 5.69 Å². The van der Waals surface area contributed by atoms with Gasteiger partial charge in [0, 0.05) is 23.5 Å². The van der Waals surface area contributed by atoms with E-state index in [0.29, 0.717) is 15.9 Å². The van der Waals surface area contributed by atoms with Gasteiger partial charge in [-0.2, -0.15) is 0 Å². The first-order chi connectivity index (χ1) is 9.04. The van der Waals surface area contributed by atoms with E-state index in [1.807, 2.05) is 6.92 Å². The van der Waals surface area contributed by atoms with Gasteiger partial charge in [0.1, 0.15) is 0 Å². The second kappa shape index (κ2) is 5.88.